The maximum atomic E-state index is 5.20. The van der Waals surface area contributed by atoms with E-state index in [0.29, 0.717) is 0 Å². The van der Waals surface area contributed by atoms with Crippen molar-refractivity contribution in [3.8, 4) is 28.3 Å². The number of ether oxygens (including phenoxy) is 1. The van der Waals surface area contributed by atoms with E-state index in [2.05, 4.69) is 22.2 Å². The van der Waals surface area contributed by atoms with E-state index in [1.807, 2.05) is 59.5 Å². The molecule has 128 valence electrons. The molecule has 0 bridgehead atoms. The Labute approximate surface area is 151 Å². The summed E-state index contributed by atoms with van der Waals surface area (Å²) in [6, 6.07) is 18.0. The van der Waals surface area contributed by atoms with E-state index < -0.39 is 0 Å². The third-order valence-corrected chi connectivity index (χ3v) is 4.14. The molecule has 4 aromatic rings. The smallest absolute Gasteiger partial charge is 0.118 e. The molecule has 0 aliphatic carbocycles. The second-order valence-corrected chi connectivity index (χ2v) is 5.93. The second kappa shape index (κ2) is 7.19. The van der Waals surface area contributed by atoms with Crippen LogP contribution in [0.1, 0.15) is 5.56 Å². The van der Waals surface area contributed by atoms with Gasteiger partial charge in [0.2, 0.25) is 0 Å². The molecular weight excluding hydrogens is 324 g/mol. The Bertz CT molecular complexity index is 994. The Balaban J connectivity index is 1.58. The molecule has 0 N–H and O–H groups in total. The lowest BCUT2D eigenvalue weighted by molar-refractivity contribution is 0.415. The van der Waals surface area contributed by atoms with E-state index in [9.17, 15) is 0 Å². The van der Waals surface area contributed by atoms with Crippen LogP contribution in [0, 0.1) is 0 Å². The average Bonchev–Trinajstić information content (AvgIpc) is 3.17. The Morgan fingerprint density at radius 2 is 1.58 bits per heavy atom. The number of nitrogens with zero attached hydrogens (tertiary/aromatic N) is 4. The second-order valence-electron chi connectivity index (χ2n) is 5.93. The molecule has 5 heteroatoms. The fourth-order valence-corrected chi connectivity index (χ4v) is 2.76. The summed E-state index contributed by atoms with van der Waals surface area (Å²) in [5.41, 5.74) is 4.78. The summed E-state index contributed by atoms with van der Waals surface area (Å²) < 4.78 is 7.11. The van der Waals surface area contributed by atoms with E-state index in [0.717, 1.165) is 34.8 Å². The molecule has 2 aromatic heterocycles. The lowest BCUT2D eigenvalue weighted by Crippen LogP contribution is -1.99. The summed E-state index contributed by atoms with van der Waals surface area (Å²) in [5.74, 6) is 0.819. The minimum absolute atomic E-state index is 0.729. The molecular formula is C21H18N4O. The zero-order valence-corrected chi connectivity index (χ0v) is 14.4. The maximum absolute atomic E-state index is 5.20. The summed E-state index contributed by atoms with van der Waals surface area (Å²) in [5, 5.41) is 4.45. The third-order valence-electron chi connectivity index (χ3n) is 4.14. The van der Waals surface area contributed by atoms with Crippen LogP contribution in [0.25, 0.3) is 22.5 Å². The minimum Gasteiger partial charge on any atom is -0.497 e. The highest BCUT2D eigenvalue weighted by molar-refractivity contribution is 5.64. The zero-order valence-electron chi connectivity index (χ0n) is 14.4. The fraction of sp³-hybridized carbons (Fsp3) is 0.0952. The van der Waals surface area contributed by atoms with Crippen LogP contribution in [-0.2, 0) is 6.54 Å². The molecule has 0 radical (unpaired) electrons. The zero-order chi connectivity index (χ0) is 17.8. The molecule has 0 aliphatic heterocycles. The largest absolute Gasteiger partial charge is 0.497 e. The number of benzene rings is 2. The quantitative estimate of drug-likeness (QED) is 0.549. The third kappa shape index (κ3) is 3.47. The van der Waals surface area contributed by atoms with Crippen LogP contribution in [0.5, 0.6) is 5.75 Å². The average molecular weight is 342 g/mol. The van der Waals surface area contributed by atoms with Crippen LogP contribution in [0.15, 0.2) is 79.4 Å². The van der Waals surface area contributed by atoms with Crippen molar-refractivity contribution in [1.82, 2.24) is 19.7 Å². The summed E-state index contributed by atoms with van der Waals surface area (Å²) >= 11 is 0. The van der Waals surface area contributed by atoms with Gasteiger partial charge in [-0.25, -0.2) is 4.98 Å². The topological polar surface area (TPSA) is 52.8 Å². The summed E-state index contributed by atoms with van der Waals surface area (Å²) in [7, 11) is 1.66. The van der Waals surface area contributed by atoms with Gasteiger partial charge in [-0.05, 0) is 29.8 Å². The molecule has 26 heavy (non-hydrogen) atoms. The molecule has 5 nitrogen and oxygen atoms in total. The maximum Gasteiger partial charge on any atom is 0.118 e. The van der Waals surface area contributed by atoms with E-state index >= 15 is 0 Å². The summed E-state index contributed by atoms with van der Waals surface area (Å²) in [4.78, 5) is 9.07. The highest BCUT2D eigenvalue weighted by atomic mass is 16.5. The summed E-state index contributed by atoms with van der Waals surface area (Å²) in [6.07, 6.45) is 7.34. The number of rotatable bonds is 5. The molecule has 2 heterocycles. The molecule has 0 saturated carbocycles. The van der Waals surface area contributed by atoms with Gasteiger partial charge in [-0.2, -0.15) is 5.10 Å². The molecule has 0 aliphatic rings. The first kappa shape index (κ1) is 16.0. The SMILES string of the molecule is COc1ccc(-c2cncc(-c3cnn(Cc4ccccc4)c3)n2)cc1. The van der Waals surface area contributed by atoms with Crippen LogP contribution in [0.3, 0.4) is 0 Å². The predicted molar refractivity (Wildman–Crippen MR) is 101 cm³/mol. The first-order valence-electron chi connectivity index (χ1n) is 8.35. The van der Waals surface area contributed by atoms with Gasteiger partial charge in [-0.15, -0.1) is 0 Å². The van der Waals surface area contributed by atoms with Crippen molar-refractivity contribution in [2.24, 2.45) is 0 Å². The Kier molecular flexibility index (Phi) is 4.43. The first-order valence-corrected chi connectivity index (χ1v) is 8.35. The fourth-order valence-electron chi connectivity index (χ4n) is 2.76. The van der Waals surface area contributed by atoms with Crippen molar-refractivity contribution >= 4 is 0 Å². The van der Waals surface area contributed by atoms with Crippen LogP contribution in [0.2, 0.25) is 0 Å². The number of hydrogen-bond acceptors (Lipinski definition) is 4. The van der Waals surface area contributed by atoms with Gasteiger partial charge in [0.25, 0.3) is 0 Å². The Morgan fingerprint density at radius 1 is 0.846 bits per heavy atom. The molecule has 0 spiro atoms. The normalized spacial score (nSPS) is 10.7. The Morgan fingerprint density at radius 3 is 2.31 bits per heavy atom. The lowest BCUT2D eigenvalue weighted by Gasteiger charge is -2.04. The molecule has 4 rings (SSSR count). The van der Waals surface area contributed by atoms with Gasteiger partial charge in [0.15, 0.2) is 0 Å². The van der Waals surface area contributed by atoms with Crippen molar-refractivity contribution < 1.29 is 4.74 Å². The van der Waals surface area contributed by atoms with Crippen molar-refractivity contribution in [3.63, 3.8) is 0 Å². The van der Waals surface area contributed by atoms with Gasteiger partial charge in [0.05, 0.1) is 43.6 Å². The van der Waals surface area contributed by atoms with Crippen molar-refractivity contribution in [3.05, 3.63) is 84.9 Å². The van der Waals surface area contributed by atoms with E-state index in [-0.39, 0.29) is 0 Å². The number of hydrogen-bond donors (Lipinski definition) is 0. The van der Waals surface area contributed by atoms with Gasteiger partial charge < -0.3 is 4.74 Å². The monoisotopic (exact) mass is 342 g/mol. The molecule has 0 fully saturated rings. The Hall–Kier alpha value is -3.47. The molecule has 0 amide bonds. The van der Waals surface area contributed by atoms with Crippen molar-refractivity contribution in [2.75, 3.05) is 7.11 Å². The summed E-state index contributed by atoms with van der Waals surface area (Å²) in [6.45, 7) is 0.729. The van der Waals surface area contributed by atoms with Gasteiger partial charge in [-0.1, -0.05) is 30.3 Å². The highest BCUT2D eigenvalue weighted by Crippen LogP contribution is 2.23. The predicted octanol–water partition coefficient (Wildman–Crippen LogP) is 4.06. The van der Waals surface area contributed by atoms with E-state index in [1.165, 1.54) is 5.56 Å². The lowest BCUT2D eigenvalue weighted by atomic mass is 10.1. The number of methoxy groups -OCH3 is 1. The van der Waals surface area contributed by atoms with Crippen LogP contribution in [0.4, 0.5) is 0 Å². The molecule has 0 saturated heterocycles. The molecule has 0 atom stereocenters. The van der Waals surface area contributed by atoms with Gasteiger partial charge in [0.1, 0.15) is 5.75 Å². The highest BCUT2D eigenvalue weighted by Gasteiger charge is 2.07. The first-order chi connectivity index (χ1) is 12.8. The molecule has 0 unspecified atom stereocenters. The standard InChI is InChI=1S/C21H18N4O/c1-26-19-9-7-17(8-10-19)20-12-22-13-21(24-20)18-11-23-25(15-18)14-16-5-3-2-4-6-16/h2-13,15H,14H2,1H3. The van der Waals surface area contributed by atoms with E-state index in [4.69, 9.17) is 9.72 Å². The van der Waals surface area contributed by atoms with Gasteiger partial charge >= 0.3 is 0 Å². The van der Waals surface area contributed by atoms with Crippen molar-refractivity contribution in [2.45, 2.75) is 6.54 Å². The van der Waals surface area contributed by atoms with Crippen LogP contribution >= 0.6 is 0 Å². The van der Waals surface area contributed by atoms with Crippen molar-refractivity contribution in [1.29, 1.82) is 0 Å². The van der Waals surface area contributed by atoms with Crippen LogP contribution < -0.4 is 4.74 Å². The van der Waals surface area contributed by atoms with E-state index in [1.54, 1.807) is 19.5 Å². The minimum atomic E-state index is 0.729. The number of aromatic nitrogens is 4. The molecule has 2 aromatic carbocycles. The van der Waals surface area contributed by atoms with Gasteiger partial charge in [0, 0.05) is 17.3 Å². The van der Waals surface area contributed by atoms with Crippen LogP contribution in [-0.4, -0.2) is 26.9 Å². The van der Waals surface area contributed by atoms with Gasteiger partial charge in [-0.3, -0.25) is 9.67 Å².